The molecule has 0 aliphatic heterocycles. The van der Waals surface area contributed by atoms with E-state index in [0.29, 0.717) is 11.3 Å². The lowest BCUT2D eigenvalue weighted by atomic mass is 9.92. The molecule has 1 rings (SSSR count). The molecule has 0 heterocycles. The Morgan fingerprint density at radius 3 is 2.25 bits per heavy atom. The van der Waals surface area contributed by atoms with Crippen LogP contribution in [0.15, 0.2) is 24.3 Å². The lowest BCUT2D eigenvalue weighted by molar-refractivity contribution is -0.575. The smallest absolute Gasteiger partial charge is 0.246 e. The summed E-state index contributed by atoms with van der Waals surface area (Å²) in [5, 5.41) is 20.7. The molecule has 0 saturated heterocycles. The van der Waals surface area contributed by atoms with Gasteiger partial charge in [0.1, 0.15) is 11.9 Å². The van der Waals surface area contributed by atoms with Crippen molar-refractivity contribution in [3.8, 4) is 5.75 Å². The SMILES string of the molecule is COc1ccc(C(O)C(C)(C)[N+](=O)[O-])cc1. The van der Waals surface area contributed by atoms with Crippen molar-refractivity contribution in [1.82, 2.24) is 0 Å². The van der Waals surface area contributed by atoms with Gasteiger partial charge in [-0.05, 0) is 17.7 Å². The highest BCUT2D eigenvalue weighted by atomic mass is 16.6. The van der Waals surface area contributed by atoms with Crippen LogP contribution in [0.3, 0.4) is 0 Å². The third-order valence-corrected chi connectivity index (χ3v) is 2.57. The van der Waals surface area contributed by atoms with Crippen LogP contribution in [0.4, 0.5) is 0 Å². The monoisotopic (exact) mass is 225 g/mol. The van der Waals surface area contributed by atoms with Gasteiger partial charge in [0.2, 0.25) is 5.54 Å². The molecule has 1 unspecified atom stereocenters. The van der Waals surface area contributed by atoms with Crippen molar-refractivity contribution < 1.29 is 14.8 Å². The zero-order chi connectivity index (χ0) is 12.3. The fourth-order valence-corrected chi connectivity index (χ4v) is 1.29. The van der Waals surface area contributed by atoms with Gasteiger partial charge in [-0.3, -0.25) is 10.1 Å². The fraction of sp³-hybridized carbons (Fsp3) is 0.455. The molecule has 1 N–H and O–H groups in total. The quantitative estimate of drug-likeness (QED) is 0.626. The molecule has 0 aliphatic carbocycles. The van der Waals surface area contributed by atoms with Crippen LogP contribution in [0.25, 0.3) is 0 Å². The van der Waals surface area contributed by atoms with E-state index in [0.717, 1.165) is 0 Å². The van der Waals surface area contributed by atoms with E-state index >= 15 is 0 Å². The molecule has 16 heavy (non-hydrogen) atoms. The Kier molecular flexibility index (Phi) is 3.49. The molecular formula is C11H15NO4. The van der Waals surface area contributed by atoms with Gasteiger partial charge in [0, 0.05) is 18.8 Å². The highest BCUT2D eigenvalue weighted by Crippen LogP contribution is 2.29. The van der Waals surface area contributed by atoms with E-state index in [4.69, 9.17) is 4.74 Å². The number of methoxy groups -OCH3 is 1. The Balaban J connectivity index is 2.96. The summed E-state index contributed by atoms with van der Waals surface area (Å²) in [6, 6.07) is 6.56. The van der Waals surface area contributed by atoms with E-state index in [9.17, 15) is 15.2 Å². The molecular weight excluding hydrogens is 210 g/mol. The highest BCUT2D eigenvalue weighted by Gasteiger charge is 2.40. The number of nitro groups is 1. The predicted molar refractivity (Wildman–Crippen MR) is 59.0 cm³/mol. The second-order valence-electron chi connectivity index (χ2n) is 4.09. The zero-order valence-electron chi connectivity index (χ0n) is 9.51. The number of benzene rings is 1. The molecule has 1 atom stereocenters. The number of ether oxygens (including phenoxy) is 1. The molecule has 0 aliphatic rings. The van der Waals surface area contributed by atoms with Crippen LogP contribution >= 0.6 is 0 Å². The second-order valence-corrected chi connectivity index (χ2v) is 4.09. The first kappa shape index (κ1) is 12.4. The highest BCUT2D eigenvalue weighted by molar-refractivity contribution is 5.29. The lowest BCUT2D eigenvalue weighted by Crippen LogP contribution is -2.37. The summed E-state index contributed by atoms with van der Waals surface area (Å²) >= 11 is 0. The average Bonchev–Trinajstić information content (AvgIpc) is 2.28. The maximum absolute atomic E-state index is 10.8. The Hall–Kier alpha value is -1.62. The number of nitrogens with zero attached hydrogens (tertiary/aromatic N) is 1. The van der Waals surface area contributed by atoms with Crippen molar-refractivity contribution in [2.24, 2.45) is 0 Å². The molecule has 0 radical (unpaired) electrons. The van der Waals surface area contributed by atoms with Crippen LogP contribution < -0.4 is 4.74 Å². The van der Waals surface area contributed by atoms with E-state index in [1.54, 1.807) is 24.3 Å². The minimum atomic E-state index is -1.41. The van der Waals surface area contributed by atoms with Gasteiger partial charge in [-0.25, -0.2) is 0 Å². The Morgan fingerprint density at radius 2 is 1.88 bits per heavy atom. The van der Waals surface area contributed by atoms with Crippen molar-refractivity contribution in [2.75, 3.05) is 7.11 Å². The maximum atomic E-state index is 10.8. The third-order valence-electron chi connectivity index (χ3n) is 2.57. The standard InChI is InChI=1S/C11H15NO4/c1-11(2,12(14)15)10(13)8-4-6-9(16-3)7-5-8/h4-7,10,13H,1-3H3. The molecule has 5 heteroatoms. The van der Waals surface area contributed by atoms with Gasteiger partial charge >= 0.3 is 0 Å². The zero-order valence-corrected chi connectivity index (χ0v) is 9.51. The van der Waals surface area contributed by atoms with E-state index < -0.39 is 16.6 Å². The number of aliphatic hydroxyl groups excluding tert-OH is 1. The summed E-state index contributed by atoms with van der Waals surface area (Å²) in [4.78, 5) is 10.3. The van der Waals surface area contributed by atoms with Gasteiger partial charge in [0.05, 0.1) is 7.11 Å². The summed E-state index contributed by atoms with van der Waals surface area (Å²) in [5.41, 5.74) is -0.906. The number of hydrogen-bond donors (Lipinski definition) is 1. The van der Waals surface area contributed by atoms with Crippen LogP contribution in [0.2, 0.25) is 0 Å². The topological polar surface area (TPSA) is 72.6 Å². The molecule has 1 aromatic rings. The van der Waals surface area contributed by atoms with Gasteiger partial charge < -0.3 is 9.84 Å². The minimum Gasteiger partial charge on any atom is -0.497 e. The van der Waals surface area contributed by atoms with Crippen molar-refractivity contribution in [1.29, 1.82) is 0 Å². The first-order chi connectivity index (χ1) is 7.39. The van der Waals surface area contributed by atoms with Gasteiger partial charge in [-0.2, -0.15) is 0 Å². The molecule has 0 saturated carbocycles. The molecule has 0 fully saturated rings. The minimum absolute atomic E-state index is 0.484. The first-order valence-electron chi connectivity index (χ1n) is 4.86. The summed E-state index contributed by atoms with van der Waals surface area (Å²) in [6.45, 7) is 2.78. The normalized spacial score (nSPS) is 13.2. The average molecular weight is 225 g/mol. The van der Waals surface area contributed by atoms with Gasteiger partial charge in [-0.1, -0.05) is 12.1 Å². The summed E-state index contributed by atoms with van der Waals surface area (Å²) in [5.74, 6) is 0.648. The van der Waals surface area contributed by atoms with Gasteiger partial charge in [-0.15, -0.1) is 0 Å². The molecule has 0 aromatic heterocycles. The lowest BCUT2D eigenvalue weighted by Gasteiger charge is -2.22. The van der Waals surface area contributed by atoms with Crippen LogP contribution in [-0.2, 0) is 0 Å². The molecule has 0 bridgehead atoms. The molecule has 0 spiro atoms. The van der Waals surface area contributed by atoms with E-state index in [2.05, 4.69) is 0 Å². The summed E-state index contributed by atoms with van der Waals surface area (Å²) in [6.07, 6.45) is -1.14. The summed E-state index contributed by atoms with van der Waals surface area (Å²) in [7, 11) is 1.53. The number of rotatable bonds is 4. The maximum Gasteiger partial charge on any atom is 0.246 e. The van der Waals surface area contributed by atoms with Crippen LogP contribution in [0.1, 0.15) is 25.5 Å². The molecule has 0 amide bonds. The number of hydrogen-bond acceptors (Lipinski definition) is 4. The number of aliphatic hydroxyl groups is 1. The second kappa shape index (κ2) is 4.49. The fourth-order valence-electron chi connectivity index (χ4n) is 1.29. The van der Waals surface area contributed by atoms with Crippen LogP contribution in [0.5, 0.6) is 5.75 Å². The van der Waals surface area contributed by atoms with E-state index in [1.165, 1.54) is 21.0 Å². The first-order valence-corrected chi connectivity index (χ1v) is 4.86. The Bertz CT molecular complexity index is 372. The molecule has 88 valence electrons. The molecule has 1 aromatic carbocycles. The van der Waals surface area contributed by atoms with Crippen molar-refractivity contribution in [2.45, 2.75) is 25.5 Å². The predicted octanol–water partition coefficient (Wildman–Crippen LogP) is 1.78. The van der Waals surface area contributed by atoms with Crippen molar-refractivity contribution >= 4 is 0 Å². The van der Waals surface area contributed by atoms with Crippen LogP contribution in [-0.4, -0.2) is 22.7 Å². The van der Waals surface area contributed by atoms with Crippen molar-refractivity contribution in [3.63, 3.8) is 0 Å². The van der Waals surface area contributed by atoms with Crippen molar-refractivity contribution in [3.05, 3.63) is 39.9 Å². The Morgan fingerprint density at radius 1 is 1.38 bits per heavy atom. The largest absolute Gasteiger partial charge is 0.497 e. The van der Waals surface area contributed by atoms with Crippen LogP contribution in [0, 0.1) is 10.1 Å². The Labute approximate surface area is 93.8 Å². The molecule has 5 nitrogen and oxygen atoms in total. The van der Waals surface area contributed by atoms with E-state index in [1.807, 2.05) is 0 Å². The van der Waals surface area contributed by atoms with Gasteiger partial charge in [0.15, 0.2) is 0 Å². The third kappa shape index (κ3) is 2.30. The van der Waals surface area contributed by atoms with E-state index in [-0.39, 0.29) is 0 Å². The van der Waals surface area contributed by atoms with Gasteiger partial charge in [0.25, 0.3) is 0 Å². The summed E-state index contributed by atoms with van der Waals surface area (Å²) < 4.78 is 4.97.